The van der Waals surface area contributed by atoms with Gasteiger partial charge in [0.15, 0.2) is 0 Å². The molecule has 0 fully saturated rings. The van der Waals surface area contributed by atoms with Crippen molar-refractivity contribution in [1.29, 1.82) is 0 Å². The zero-order valence-corrected chi connectivity index (χ0v) is 11.6. The molecule has 16 heavy (non-hydrogen) atoms. The number of hydrogen-bond acceptors (Lipinski definition) is 3. The molecule has 0 unspecified atom stereocenters. The van der Waals surface area contributed by atoms with E-state index in [2.05, 4.69) is 31.1 Å². The molecule has 0 saturated carbocycles. The number of ether oxygens (including phenoxy) is 1. The fraction of sp³-hybridized carbons (Fsp3) is 1.00. The maximum atomic E-state index is 5.31. The molecule has 98 valence electrons. The third kappa shape index (κ3) is 12.0. The van der Waals surface area contributed by atoms with Gasteiger partial charge in [-0.15, -0.1) is 0 Å². The first-order chi connectivity index (χ1) is 7.66. The lowest BCUT2D eigenvalue weighted by Crippen LogP contribution is -2.32. The van der Waals surface area contributed by atoms with Crippen LogP contribution in [0.15, 0.2) is 0 Å². The largest absolute Gasteiger partial charge is 0.380 e. The number of rotatable bonds is 11. The van der Waals surface area contributed by atoms with Gasteiger partial charge in [-0.05, 0) is 39.3 Å². The number of hydrogen-bond donors (Lipinski definition) is 1. The van der Waals surface area contributed by atoms with Crippen molar-refractivity contribution in [3.63, 3.8) is 0 Å². The van der Waals surface area contributed by atoms with Gasteiger partial charge in [0.25, 0.3) is 0 Å². The third-order valence-corrected chi connectivity index (χ3v) is 2.63. The van der Waals surface area contributed by atoms with Gasteiger partial charge in [0.2, 0.25) is 0 Å². The Balaban J connectivity index is 3.12. The molecule has 0 aromatic heterocycles. The average molecular weight is 230 g/mol. The van der Waals surface area contributed by atoms with Gasteiger partial charge in [-0.1, -0.05) is 13.8 Å². The van der Waals surface area contributed by atoms with Crippen LogP contribution in [0.1, 0.15) is 33.6 Å². The number of nitrogens with one attached hydrogen (secondary N) is 1. The van der Waals surface area contributed by atoms with Gasteiger partial charge in [-0.2, -0.15) is 0 Å². The quantitative estimate of drug-likeness (QED) is 0.549. The molecule has 0 spiro atoms. The second-order valence-electron chi connectivity index (χ2n) is 4.79. The van der Waals surface area contributed by atoms with Crippen molar-refractivity contribution in [2.45, 2.75) is 33.6 Å². The Bertz CT molecular complexity index is 140. The van der Waals surface area contributed by atoms with Crippen LogP contribution in [0.4, 0.5) is 0 Å². The lowest BCUT2D eigenvalue weighted by atomic mass is 10.1. The summed E-state index contributed by atoms with van der Waals surface area (Å²) in [7, 11) is 2.15. The van der Waals surface area contributed by atoms with E-state index in [1.165, 1.54) is 12.8 Å². The van der Waals surface area contributed by atoms with Gasteiger partial charge in [-0.3, -0.25) is 0 Å². The van der Waals surface area contributed by atoms with Crippen molar-refractivity contribution in [1.82, 2.24) is 10.2 Å². The van der Waals surface area contributed by atoms with Crippen LogP contribution < -0.4 is 5.32 Å². The first kappa shape index (κ1) is 15.9. The van der Waals surface area contributed by atoms with Gasteiger partial charge in [0.1, 0.15) is 0 Å². The summed E-state index contributed by atoms with van der Waals surface area (Å²) in [4.78, 5) is 2.31. The Morgan fingerprint density at radius 3 is 2.56 bits per heavy atom. The fourth-order valence-electron chi connectivity index (χ4n) is 1.51. The van der Waals surface area contributed by atoms with Crippen molar-refractivity contribution in [2.75, 3.05) is 46.4 Å². The van der Waals surface area contributed by atoms with Crippen molar-refractivity contribution >= 4 is 0 Å². The summed E-state index contributed by atoms with van der Waals surface area (Å²) in [5.74, 6) is 0.829. The van der Waals surface area contributed by atoms with E-state index in [0.29, 0.717) is 0 Å². The zero-order chi connectivity index (χ0) is 12.2. The SMILES string of the molecule is CCOCCN(C)CCNCCCC(C)C. The van der Waals surface area contributed by atoms with Crippen LogP contribution in [0, 0.1) is 5.92 Å². The lowest BCUT2D eigenvalue weighted by molar-refractivity contribution is 0.122. The molecular weight excluding hydrogens is 200 g/mol. The Morgan fingerprint density at radius 2 is 1.94 bits per heavy atom. The van der Waals surface area contributed by atoms with Crippen molar-refractivity contribution < 1.29 is 4.74 Å². The highest BCUT2D eigenvalue weighted by Gasteiger charge is 1.97. The molecule has 0 aromatic carbocycles. The van der Waals surface area contributed by atoms with E-state index in [0.717, 1.165) is 45.3 Å². The Hall–Kier alpha value is -0.120. The van der Waals surface area contributed by atoms with E-state index >= 15 is 0 Å². The first-order valence-electron chi connectivity index (χ1n) is 6.63. The molecule has 0 rings (SSSR count). The second-order valence-corrected chi connectivity index (χ2v) is 4.79. The molecule has 0 aromatic rings. The third-order valence-electron chi connectivity index (χ3n) is 2.63. The molecule has 3 heteroatoms. The highest BCUT2D eigenvalue weighted by Crippen LogP contribution is 2.01. The van der Waals surface area contributed by atoms with Gasteiger partial charge >= 0.3 is 0 Å². The maximum Gasteiger partial charge on any atom is 0.0593 e. The van der Waals surface area contributed by atoms with Crippen molar-refractivity contribution in [3.8, 4) is 0 Å². The van der Waals surface area contributed by atoms with Crippen molar-refractivity contribution in [3.05, 3.63) is 0 Å². The van der Waals surface area contributed by atoms with Gasteiger partial charge in [0.05, 0.1) is 6.61 Å². The standard InChI is InChI=1S/C13H30N2O/c1-5-16-12-11-15(4)10-9-14-8-6-7-13(2)3/h13-14H,5-12H2,1-4H3. The predicted octanol–water partition coefficient (Wildman–Crippen LogP) is 1.98. The molecule has 0 aliphatic heterocycles. The summed E-state index contributed by atoms with van der Waals surface area (Å²) in [6.45, 7) is 12.6. The van der Waals surface area contributed by atoms with Crippen LogP contribution in [-0.4, -0.2) is 51.3 Å². The van der Waals surface area contributed by atoms with E-state index in [-0.39, 0.29) is 0 Å². The van der Waals surface area contributed by atoms with Crippen LogP contribution in [0.5, 0.6) is 0 Å². The minimum atomic E-state index is 0.821. The number of likely N-dealkylation sites (N-methyl/N-ethyl adjacent to an activating group) is 1. The van der Waals surface area contributed by atoms with Crippen LogP contribution >= 0.6 is 0 Å². The minimum Gasteiger partial charge on any atom is -0.380 e. The Kier molecular flexibility index (Phi) is 11.3. The monoisotopic (exact) mass is 230 g/mol. The van der Waals surface area contributed by atoms with E-state index in [1.807, 2.05) is 6.92 Å². The van der Waals surface area contributed by atoms with E-state index in [4.69, 9.17) is 4.74 Å². The fourth-order valence-corrected chi connectivity index (χ4v) is 1.51. The number of nitrogens with zero attached hydrogens (tertiary/aromatic N) is 1. The van der Waals surface area contributed by atoms with E-state index in [1.54, 1.807) is 0 Å². The molecular formula is C13H30N2O. The summed E-state index contributed by atoms with van der Waals surface area (Å²) in [5, 5.41) is 3.48. The summed E-state index contributed by atoms with van der Waals surface area (Å²) in [6, 6.07) is 0. The van der Waals surface area contributed by atoms with E-state index < -0.39 is 0 Å². The maximum absolute atomic E-state index is 5.31. The summed E-state index contributed by atoms with van der Waals surface area (Å²) >= 11 is 0. The molecule has 0 aliphatic carbocycles. The highest BCUT2D eigenvalue weighted by molar-refractivity contribution is 4.55. The van der Waals surface area contributed by atoms with Gasteiger partial charge < -0.3 is 15.0 Å². The summed E-state index contributed by atoms with van der Waals surface area (Å²) < 4.78 is 5.31. The summed E-state index contributed by atoms with van der Waals surface area (Å²) in [6.07, 6.45) is 2.62. The Morgan fingerprint density at radius 1 is 1.19 bits per heavy atom. The molecule has 0 bridgehead atoms. The van der Waals surface area contributed by atoms with E-state index in [9.17, 15) is 0 Å². The van der Waals surface area contributed by atoms with Crippen LogP contribution in [0.2, 0.25) is 0 Å². The van der Waals surface area contributed by atoms with Crippen molar-refractivity contribution in [2.24, 2.45) is 5.92 Å². The minimum absolute atomic E-state index is 0.821. The molecule has 1 N–H and O–H groups in total. The molecule has 0 radical (unpaired) electrons. The molecule has 0 saturated heterocycles. The highest BCUT2D eigenvalue weighted by atomic mass is 16.5. The average Bonchev–Trinajstić information content (AvgIpc) is 2.23. The lowest BCUT2D eigenvalue weighted by Gasteiger charge is -2.16. The zero-order valence-electron chi connectivity index (χ0n) is 11.6. The molecule has 0 heterocycles. The predicted molar refractivity (Wildman–Crippen MR) is 70.9 cm³/mol. The molecule has 0 atom stereocenters. The van der Waals surface area contributed by atoms with Crippen LogP contribution in [0.3, 0.4) is 0 Å². The topological polar surface area (TPSA) is 24.5 Å². The van der Waals surface area contributed by atoms with Crippen LogP contribution in [-0.2, 0) is 4.74 Å². The van der Waals surface area contributed by atoms with Gasteiger partial charge in [0, 0.05) is 26.2 Å². The normalized spacial score (nSPS) is 11.6. The summed E-state index contributed by atoms with van der Waals surface area (Å²) in [5.41, 5.74) is 0. The van der Waals surface area contributed by atoms with Crippen LogP contribution in [0.25, 0.3) is 0 Å². The molecule has 0 aliphatic rings. The molecule has 3 nitrogen and oxygen atoms in total. The Labute approximate surface area is 102 Å². The molecule has 0 amide bonds. The first-order valence-corrected chi connectivity index (χ1v) is 6.63. The smallest absolute Gasteiger partial charge is 0.0593 e. The van der Waals surface area contributed by atoms with Gasteiger partial charge in [-0.25, -0.2) is 0 Å². The second kappa shape index (κ2) is 11.4.